The molecule has 0 aliphatic heterocycles. The molecular formula is C12H14N6. The van der Waals surface area contributed by atoms with Crippen LogP contribution < -0.4 is 0 Å². The summed E-state index contributed by atoms with van der Waals surface area (Å²) in [5, 5.41) is 16.0. The van der Waals surface area contributed by atoms with Crippen molar-refractivity contribution in [1.29, 1.82) is 0 Å². The van der Waals surface area contributed by atoms with Crippen LogP contribution in [0.15, 0.2) is 48.6 Å². The van der Waals surface area contributed by atoms with E-state index in [4.69, 9.17) is 0 Å². The normalized spacial score (nSPS) is 17.7. The smallest absolute Gasteiger partial charge is 0.179 e. The van der Waals surface area contributed by atoms with Gasteiger partial charge in [-0.15, -0.1) is 10.2 Å². The van der Waals surface area contributed by atoms with Crippen molar-refractivity contribution in [2.45, 2.75) is 25.4 Å². The summed E-state index contributed by atoms with van der Waals surface area (Å²) in [5.74, 6) is 0. The van der Waals surface area contributed by atoms with Crippen LogP contribution in [0, 0.1) is 0 Å². The van der Waals surface area contributed by atoms with Gasteiger partial charge in [-0.2, -0.15) is 0 Å². The molecule has 0 amide bonds. The third-order valence-electron chi connectivity index (χ3n) is 3.28. The predicted molar refractivity (Wildman–Crippen MR) is 65.5 cm³/mol. The number of aromatic nitrogens is 6. The first kappa shape index (κ1) is 10.9. The second-order valence-electron chi connectivity index (χ2n) is 4.24. The lowest BCUT2D eigenvalue weighted by Gasteiger charge is -2.31. The molecule has 6 nitrogen and oxygen atoms in total. The van der Waals surface area contributed by atoms with Gasteiger partial charge in [0, 0.05) is 18.8 Å². The molecule has 92 valence electrons. The molecule has 0 aromatic carbocycles. The Kier molecular flexibility index (Phi) is 2.55. The Bertz CT molecular complexity index is 529. The van der Waals surface area contributed by atoms with Crippen LogP contribution in [0.1, 0.15) is 19.8 Å². The SMILES string of the molecule is CCC1=CCC(n2ccnn2)(n2ccnn2)C=C1. The maximum absolute atomic E-state index is 4.12. The minimum absolute atomic E-state index is 0.467. The molecule has 1 aliphatic rings. The number of rotatable bonds is 3. The molecule has 6 heteroatoms. The topological polar surface area (TPSA) is 61.4 Å². The van der Waals surface area contributed by atoms with Gasteiger partial charge in [0.2, 0.25) is 0 Å². The molecule has 3 rings (SSSR count). The first-order valence-electron chi connectivity index (χ1n) is 5.97. The second-order valence-corrected chi connectivity index (χ2v) is 4.24. The second kappa shape index (κ2) is 4.21. The summed E-state index contributed by atoms with van der Waals surface area (Å²) in [7, 11) is 0. The Morgan fingerprint density at radius 3 is 2.22 bits per heavy atom. The van der Waals surface area contributed by atoms with Crippen molar-refractivity contribution >= 4 is 0 Å². The van der Waals surface area contributed by atoms with Gasteiger partial charge in [0.1, 0.15) is 0 Å². The van der Waals surface area contributed by atoms with Crippen molar-refractivity contribution in [2.75, 3.05) is 0 Å². The highest BCUT2D eigenvalue weighted by atomic mass is 15.6. The van der Waals surface area contributed by atoms with Crippen molar-refractivity contribution in [3.05, 3.63) is 48.6 Å². The Morgan fingerprint density at radius 2 is 1.83 bits per heavy atom. The van der Waals surface area contributed by atoms with Crippen LogP contribution in [-0.4, -0.2) is 30.0 Å². The van der Waals surface area contributed by atoms with Gasteiger partial charge in [-0.3, -0.25) is 0 Å². The molecule has 0 bridgehead atoms. The van der Waals surface area contributed by atoms with Crippen molar-refractivity contribution in [3.63, 3.8) is 0 Å². The Labute approximate surface area is 105 Å². The Hall–Kier alpha value is -2.24. The van der Waals surface area contributed by atoms with Gasteiger partial charge in [0.25, 0.3) is 0 Å². The van der Waals surface area contributed by atoms with Gasteiger partial charge in [-0.05, 0) is 12.5 Å². The quantitative estimate of drug-likeness (QED) is 0.815. The summed E-state index contributed by atoms with van der Waals surface area (Å²) in [4.78, 5) is 0. The van der Waals surface area contributed by atoms with E-state index >= 15 is 0 Å². The van der Waals surface area contributed by atoms with E-state index in [1.807, 2.05) is 12.4 Å². The zero-order valence-electron chi connectivity index (χ0n) is 10.1. The lowest BCUT2D eigenvalue weighted by atomic mass is 9.95. The zero-order valence-corrected chi connectivity index (χ0v) is 10.1. The number of hydrogen-bond acceptors (Lipinski definition) is 4. The van der Waals surface area contributed by atoms with Crippen molar-refractivity contribution in [1.82, 2.24) is 30.0 Å². The van der Waals surface area contributed by atoms with Crippen LogP contribution in [-0.2, 0) is 5.66 Å². The van der Waals surface area contributed by atoms with Gasteiger partial charge in [-0.25, -0.2) is 9.36 Å². The van der Waals surface area contributed by atoms with E-state index in [1.165, 1.54) is 5.57 Å². The van der Waals surface area contributed by atoms with E-state index in [2.05, 4.69) is 45.8 Å². The summed E-state index contributed by atoms with van der Waals surface area (Å²) >= 11 is 0. The minimum Gasteiger partial charge on any atom is -0.221 e. The fraction of sp³-hybridized carbons (Fsp3) is 0.333. The van der Waals surface area contributed by atoms with Crippen LogP contribution in [0.5, 0.6) is 0 Å². The molecule has 0 spiro atoms. The summed E-state index contributed by atoms with van der Waals surface area (Å²) in [6, 6.07) is 0. The summed E-state index contributed by atoms with van der Waals surface area (Å²) in [5.41, 5.74) is 0.858. The van der Waals surface area contributed by atoms with E-state index in [0.29, 0.717) is 0 Å². The number of allylic oxidation sites excluding steroid dienone is 4. The fourth-order valence-electron chi connectivity index (χ4n) is 2.19. The van der Waals surface area contributed by atoms with E-state index in [1.54, 1.807) is 21.8 Å². The van der Waals surface area contributed by atoms with Gasteiger partial charge in [0.15, 0.2) is 5.66 Å². The highest BCUT2D eigenvalue weighted by molar-refractivity contribution is 5.27. The van der Waals surface area contributed by atoms with E-state index in [-0.39, 0.29) is 0 Å². The summed E-state index contributed by atoms with van der Waals surface area (Å²) in [6.45, 7) is 2.15. The molecule has 0 N–H and O–H groups in total. The summed E-state index contributed by atoms with van der Waals surface area (Å²) < 4.78 is 3.61. The largest absolute Gasteiger partial charge is 0.221 e. The molecule has 0 atom stereocenters. The van der Waals surface area contributed by atoms with Crippen molar-refractivity contribution < 1.29 is 0 Å². The Balaban J connectivity index is 2.08. The van der Waals surface area contributed by atoms with Crippen LogP contribution >= 0.6 is 0 Å². The lowest BCUT2D eigenvalue weighted by Crippen LogP contribution is -2.41. The van der Waals surface area contributed by atoms with Gasteiger partial charge in [-0.1, -0.05) is 35.1 Å². The third kappa shape index (κ3) is 1.57. The van der Waals surface area contributed by atoms with E-state index < -0.39 is 5.66 Å². The average molecular weight is 242 g/mol. The molecule has 1 aliphatic carbocycles. The highest BCUT2D eigenvalue weighted by Crippen LogP contribution is 2.29. The molecule has 0 fully saturated rings. The highest BCUT2D eigenvalue weighted by Gasteiger charge is 2.34. The maximum Gasteiger partial charge on any atom is 0.179 e. The molecule has 2 aromatic heterocycles. The molecule has 2 aromatic rings. The first-order valence-corrected chi connectivity index (χ1v) is 5.97. The van der Waals surface area contributed by atoms with Crippen LogP contribution in [0.4, 0.5) is 0 Å². The molecule has 0 saturated heterocycles. The average Bonchev–Trinajstić information content (AvgIpc) is 3.12. The minimum atomic E-state index is -0.467. The molecule has 0 unspecified atom stereocenters. The van der Waals surface area contributed by atoms with Gasteiger partial charge >= 0.3 is 0 Å². The number of nitrogens with zero attached hydrogens (tertiary/aromatic N) is 6. The molecular weight excluding hydrogens is 228 g/mol. The molecule has 0 radical (unpaired) electrons. The van der Waals surface area contributed by atoms with Crippen molar-refractivity contribution in [2.24, 2.45) is 0 Å². The van der Waals surface area contributed by atoms with Gasteiger partial charge < -0.3 is 0 Å². The van der Waals surface area contributed by atoms with Crippen molar-refractivity contribution in [3.8, 4) is 0 Å². The predicted octanol–water partition coefficient (Wildman–Crippen LogP) is 1.37. The summed E-state index contributed by atoms with van der Waals surface area (Å²) in [6.07, 6.45) is 15.3. The maximum atomic E-state index is 4.12. The zero-order chi connectivity index (χ0) is 12.4. The fourth-order valence-corrected chi connectivity index (χ4v) is 2.19. The molecule has 0 saturated carbocycles. The van der Waals surface area contributed by atoms with Gasteiger partial charge in [0.05, 0.1) is 12.4 Å². The standard InChI is InChI=1S/C12H14N6/c1-2-11-3-5-12(6-4-11,17-9-7-13-15-17)18-10-8-14-16-18/h3-5,7-10H,2,6H2,1H3. The van der Waals surface area contributed by atoms with Crippen LogP contribution in [0.2, 0.25) is 0 Å². The molecule has 2 heterocycles. The van der Waals surface area contributed by atoms with Crippen LogP contribution in [0.3, 0.4) is 0 Å². The van der Waals surface area contributed by atoms with E-state index in [9.17, 15) is 0 Å². The number of hydrogen-bond donors (Lipinski definition) is 0. The molecule has 18 heavy (non-hydrogen) atoms. The van der Waals surface area contributed by atoms with Crippen LogP contribution in [0.25, 0.3) is 0 Å². The van der Waals surface area contributed by atoms with E-state index in [0.717, 1.165) is 12.8 Å². The Morgan fingerprint density at radius 1 is 1.17 bits per heavy atom. The first-order chi connectivity index (χ1) is 8.85. The third-order valence-corrected chi connectivity index (χ3v) is 3.28. The lowest BCUT2D eigenvalue weighted by molar-refractivity contribution is 0.239. The monoisotopic (exact) mass is 242 g/mol.